The number of carbonyl (C=O) groups is 1. The van der Waals surface area contributed by atoms with E-state index in [-0.39, 0.29) is 10.8 Å². The number of carbonyl (C=O) groups excluding carboxylic acids is 1. The summed E-state index contributed by atoms with van der Waals surface area (Å²) in [5, 5.41) is 3.95. The largest absolute Gasteiger partial charge is 0.298 e. The highest BCUT2D eigenvalue weighted by molar-refractivity contribution is 7.89. The lowest BCUT2D eigenvalue weighted by molar-refractivity contribution is 0.102. The smallest absolute Gasteiger partial charge is 0.257 e. The number of amides is 1. The molecule has 2 N–H and O–H groups in total. The predicted molar refractivity (Wildman–Crippen MR) is 116 cm³/mol. The van der Waals surface area contributed by atoms with Crippen LogP contribution in [0.2, 0.25) is 5.02 Å². The van der Waals surface area contributed by atoms with Crippen LogP contribution in [0.5, 0.6) is 0 Å². The van der Waals surface area contributed by atoms with Crippen LogP contribution in [-0.2, 0) is 16.4 Å². The summed E-state index contributed by atoms with van der Waals surface area (Å²) in [4.78, 5) is 17.8. The van der Waals surface area contributed by atoms with E-state index >= 15 is 0 Å². The van der Waals surface area contributed by atoms with Crippen LogP contribution in [0, 0.1) is 6.92 Å². The van der Waals surface area contributed by atoms with Gasteiger partial charge in [-0.25, -0.2) is 18.1 Å². The molecule has 0 bridgehead atoms. The highest BCUT2D eigenvalue weighted by Gasteiger charge is 2.14. The molecule has 2 aromatic carbocycles. The van der Waals surface area contributed by atoms with E-state index < -0.39 is 10.0 Å². The second kappa shape index (κ2) is 9.04. The third-order valence-electron chi connectivity index (χ3n) is 4.15. The van der Waals surface area contributed by atoms with Crippen molar-refractivity contribution < 1.29 is 13.2 Å². The average Bonchev–Trinajstić information content (AvgIpc) is 3.11. The highest BCUT2D eigenvalue weighted by Crippen LogP contribution is 2.24. The summed E-state index contributed by atoms with van der Waals surface area (Å²) in [5.41, 5.74) is 2.44. The van der Waals surface area contributed by atoms with Crippen molar-refractivity contribution in [3.63, 3.8) is 0 Å². The van der Waals surface area contributed by atoms with Gasteiger partial charge >= 0.3 is 0 Å². The zero-order valence-corrected chi connectivity index (χ0v) is 18.3. The van der Waals surface area contributed by atoms with Crippen LogP contribution in [0.25, 0.3) is 0 Å². The number of aryl methyl sites for hydroxylation is 1. The van der Waals surface area contributed by atoms with Gasteiger partial charge in [0.2, 0.25) is 10.0 Å². The molecule has 0 spiro atoms. The maximum atomic E-state index is 12.4. The zero-order chi connectivity index (χ0) is 21.0. The van der Waals surface area contributed by atoms with Crippen molar-refractivity contribution >= 4 is 44.0 Å². The molecule has 3 rings (SSSR count). The lowest BCUT2D eigenvalue weighted by atomic mass is 10.1. The molecule has 0 fully saturated rings. The Labute approximate surface area is 179 Å². The van der Waals surface area contributed by atoms with Crippen molar-refractivity contribution in [1.82, 2.24) is 9.71 Å². The van der Waals surface area contributed by atoms with E-state index in [4.69, 9.17) is 11.6 Å². The molecule has 1 heterocycles. The highest BCUT2D eigenvalue weighted by atomic mass is 35.5. The van der Waals surface area contributed by atoms with Crippen molar-refractivity contribution in [1.29, 1.82) is 0 Å². The van der Waals surface area contributed by atoms with Gasteiger partial charge in [0.05, 0.1) is 4.90 Å². The number of hydrogen-bond donors (Lipinski definition) is 2. The monoisotopic (exact) mass is 449 g/mol. The average molecular weight is 450 g/mol. The standard InChI is InChI=1S/C20H20ClN3O3S2/c1-3-23-29(26,27)17-8-6-15(7-9-17)19(25)24-20-22-12-16(28-20)10-14-5-4-13(2)18(21)11-14/h4-9,11-12,23H,3,10H2,1-2H3,(H,22,24,25). The molecule has 0 aliphatic heterocycles. The van der Waals surface area contributed by atoms with E-state index in [1.54, 1.807) is 13.1 Å². The van der Waals surface area contributed by atoms with Crippen LogP contribution < -0.4 is 10.0 Å². The topological polar surface area (TPSA) is 88.2 Å². The molecule has 0 aliphatic rings. The molecule has 0 saturated heterocycles. The number of nitrogens with one attached hydrogen (secondary N) is 2. The summed E-state index contributed by atoms with van der Waals surface area (Å²) >= 11 is 7.55. The van der Waals surface area contributed by atoms with Crippen LogP contribution >= 0.6 is 22.9 Å². The van der Waals surface area contributed by atoms with Crippen molar-refractivity contribution in [2.75, 3.05) is 11.9 Å². The van der Waals surface area contributed by atoms with Gasteiger partial charge in [0.1, 0.15) is 0 Å². The predicted octanol–water partition coefficient (Wildman–Crippen LogP) is 4.25. The van der Waals surface area contributed by atoms with E-state index in [2.05, 4.69) is 15.0 Å². The Kier molecular flexibility index (Phi) is 6.69. The van der Waals surface area contributed by atoms with Gasteiger partial charge in [-0.2, -0.15) is 0 Å². The van der Waals surface area contributed by atoms with Crippen molar-refractivity contribution in [2.24, 2.45) is 0 Å². The first-order valence-electron chi connectivity index (χ1n) is 8.89. The molecule has 0 radical (unpaired) electrons. The third kappa shape index (κ3) is 5.42. The molecule has 9 heteroatoms. The van der Waals surface area contributed by atoms with Crippen LogP contribution in [0.3, 0.4) is 0 Å². The van der Waals surface area contributed by atoms with Gasteiger partial charge in [-0.1, -0.05) is 30.7 Å². The molecule has 29 heavy (non-hydrogen) atoms. The number of thiazole rings is 1. The molecular formula is C20H20ClN3O3S2. The summed E-state index contributed by atoms with van der Waals surface area (Å²) in [6.45, 7) is 3.95. The molecule has 0 saturated carbocycles. The van der Waals surface area contributed by atoms with E-state index in [1.165, 1.54) is 35.6 Å². The molecular weight excluding hydrogens is 430 g/mol. The minimum atomic E-state index is -3.55. The van der Waals surface area contributed by atoms with Crippen molar-refractivity contribution in [2.45, 2.75) is 25.2 Å². The van der Waals surface area contributed by atoms with E-state index in [0.717, 1.165) is 21.0 Å². The van der Waals surface area contributed by atoms with E-state index in [9.17, 15) is 13.2 Å². The first-order valence-corrected chi connectivity index (χ1v) is 11.6. The summed E-state index contributed by atoms with van der Waals surface area (Å²) in [6, 6.07) is 11.7. The molecule has 0 aliphatic carbocycles. The van der Waals surface area contributed by atoms with Crippen molar-refractivity contribution in [3.8, 4) is 0 Å². The Balaban J connectivity index is 1.66. The fourth-order valence-corrected chi connectivity index (χ4v) is 4.71. The maximum Gasteiger partial charge on any atom is 0.257 e. The molecule has 0 unspecified atom stereocenters. The van der Waals surface area contributed by atoms with Gasteiger partial charge in [-0.3, -0.25) is 10.1 Å². The van der Waals surface area contributed by atoms with Gasteiger partial charge in [0, 0.05) is 34.6 Å². The number of hydrogen-bond acceptors (Lipinski definition) is 5. The molecule has 1 aromatic heterocycles. The molecule has 3 aromatic rings. The molecule has 152 valence electrons. The summed E-state index contributed by atoms with van der Waals surface area (Å²) in [6.07, 6.45) is 2.39. The quantitative estimate of drug-likeness (QED) is 0.564. The van der Waals surface area contributed by atoms with Gasteiger partial charge in [0.25, 0.3) is 5.91 Å². The third-order valence-corrected chi connectivity index (χ3v) is 7.03. The lowest BCUT2D eigenvalue weighted by Crippen LogP contribution is -2.23. The SMILES string of the molecule is CCNS(=O)(=O)c1ccc(C(=O)Nc2ncc(Cc3ccc(C)c(Cl)c3)s2)cc1. The Hall–Kier alpha value is -2.26. The van der Waals surface area contributed by atoms with E-state index in [0.29, 0.717) is 23.7 Å². The Morgan fingerprint density at radius 3 is 2.55 bits per heavy atom. The fraction of sp³-hybridized carbons (Fsp3) is 0.200. The summed E-state index contributed by atoms with van der Waals surface area (Å²) < 4.78 is 26.3. The number of aromatic nitrogens is 1. The van der Waals surface area contributed by atoms with E-state index in [1.807, 2.05) is 25.1 Å². The zero-order valence-electron chi connectivity index (χ0n) is 15.9. The maximum absolute atomic E-state index is 12.4. The van der Waals surface area contributed by atoms with Crippen LogP contribution in [0.1, 0.15) is 33.3 Å². The number of halogens is 1. The van der Waals surface area contributed by atoms with Crippen LogP contribution in [-0.4, -0.2) is 25.9 Å². The number of rotatable bonds is 7. The number of benzene rings is 2. The molecule has 1 amide bonds. The number of anilines is 1. The first-order chi connectivity index (χ1) is 13.8. The minimum absolute atomic E-state index is 0.115. The normalized spacial score (nSPS) is 11.4. The summed E-state index contributed by atoms with van der Waals surface area (Å²) in [5.74, 6) is -0.350. The van der Waals surface area contributed by atoms with Gasteiger partial charge in [-0.15, -0.1) is 11.3 Å². The van der Waals surface area contributed by atoms with Gasteiger partial charge in [-0.05, 0) is 48.4 Å². The van der Waals surface area contributed by atoms with Crippen molar-refractivity contribution in [3.05, 3.63) is 75.3 Å². The number of nitrogens with zero attached hydrogens (tertiary/aromatic N) is 1. The van der Waals surface area contributed by atoms with Crippen LogP contribution in [0.4, 0.5) is 5.13 Å². The molecule has 6 nitrogen and oxygen atoms in total. The fourth-order valence-electron chi connectivity index (χ4n) is 2.62. The van der Waals surface area contributed by atoms with Gasteiger partial charge < -0.3 is 0 Å². The Morgan fingerprint density at radius 1 is 1.17 bits per heavy atom. The van der Waals surface area contributed by atoms with Crippen LogP contribution in [0.15, 0.2) is 53.6 Å². The Morgan fingerprint density at radius 2 is 1.90 bits per heavy atom. The second-order valence-electron chi connectivity index (χ2n) is 6.37. The first kappa shape index (κ1) is 21.4. The Bertz CT molecular complexity index is 1130. The lowest BCUT2D eigenvalue weighted by Gasteiger charge is -2.06. The number of sulfonamides is 1. The minimum Gasteiger partial charge on any atom is -0.298 e. The van der Waals surface area contributed by atoms with Gasteiger partial charge in [0.15, 0.2) is 5.13 Å². The summed E-state index contributed by atoms with van der Waals surface area (Å²) in [7, 11) is -3.55. The second-order valence-corrected chi connectivity index (χ2v) is 9.66. The molecule has 0 atom stereocenters.